The van der Waals surface area contributed by atoms with E-state index in [4.69, 9.17) is 0 Å². The molecule has 1 aliphatic heterocycles. The molecular formula is C19H20N4O2. The number of hydrogen-bond donors (Lipinski definition) is 2. The molecule has 1 aromatic carbocycles. The Hall–Kier alpha value is -2.60. The van der Waals surface area contributed by atoms with Gasteiger partial charge in [-0.3, -0.25) is 14.3 Å². The van der Waals surface area contributed by atoms with E-state index in [-0.39, 0.29) is 17.3 Å². The third-order valence-corrected chi connectivity index (χ3v) is 5.95. The first-order valence-electron chi connectivity index (χ1n) is 8.72. The Morgan fingerprint density at radius 3 is 2.92 bits per heavy atom. The molecule has 3 aromatic rings. The first kappa shape index (κ1) is 14.7. The van der Waals surface area contributed by atoms with Crippen molar-refractivity contribution in [3.05, 3.63) is 68.6 Å². The zero-order valence-electron chi connectivity index (χ0n) is 14.0. The van der Waals surface area contributed by atoms with E-state index in [1.807, 2.05) is 0 Å². The standard InChI is InChI=1S/C19H20N4O2/c1-22-10-12(23-6-5-17(24)21-19(23)25)8-14-13-3-2-4-15-18(13)11(9-20-15)7-16(14)22/h2-6,9,12,14,16,20H,7-8,10H2,1H3,(H,21,24,25)/t12-,14-,16-/m1/s1. The van der Waals surface area contributed by atoms with Gasteiger partial charge in [-0.25, -0.2) is 4.79 Å². The van der Waals surface area contributed by atoms with Crippen LogP contribution in [0.3, 0.4) is 0 Å². The number of H-pyrrole nitrogens is 2. The monoisotopic (exact) mass is 336 g/mol. The number of hydrogen-bond acceptors (Lipinski definition) is 3. The Kier molecular flexibility index (Phi) is 3.06. The second-order valence-electron chi connectivity index (χ2n) is 7.31. The van der Waals surface area contributed by atoms with Crippen molar-refractivity contribution in [2.24, 2.45) is 0 Å². The average molecular weight is 336 g/mol. The summed E-state index contributed by atoms with van der Waals surface area (Å²) in [4.78, 5) is 31.7. The number of nitrogens with one attached hydrogen (secondary N) is 2. The first-order valence-corrected chi connectivity index (χ1v) is 8.72. The van der Waals surface area contributed by atoms with Crippen molar-refractivity contribution in [1.29, 1.82) is 0 Å². The van der Waals surface area contributed by atoms with Crippen molar-refractivity contribution in [1.82, 2.24) is 19.4 Å². The van der Waals surface area contributed by atoms with Crippen LogP contribution in [0.5, 0.6) is 0 Å². The van der Waals surface area contributed by atoms with Gasteiger partial charge in [-0.05, 0) is 37.1 Å². The number of fused-ring (bicyclic) bond motifs is 2. The Balaban J connectivity index is 1.60. The van der Waals surface area contributed by atoms with Crippen LogP contribution in [-0.4, -0.2) is 39.1 Å². The molecule has 25 heavy (non-hydrogen) atoms. The second-order valence-corrected chi connectivity index (χ2v) is 7.31. The van der Waals surface area contributed by atoms with Crippen LogP contribution in [0.4, 0.5) is 0 Å². The zero-order valence-corrected chi connectivity index (χ0v) is 14.0. The van der Waals surface area contributed by atoms with Gasteiger partial charge in [-0.15, -0.1) is 0 Å². The van der Waals surface area contributed by atoms with E-state index >= 15 is 0 Å². The highest BCUT2D eigenvalue weighted by Crippen LogP contribution is 2.44. The zero-order chi connectivity index (χ0) is 17.1. The molecule has 0 amide bonds. The molecule has 2 aromatic heterocycles. The van der Waals surface area contributed by atoms with E-state index < -0.39 is 0 Å². The Labute approximate surface area is 144 Å². The van der Waals surface area contributed by atoms with E-state index in [2.05, 4.69) is 46.3 Å². The molecule has 3 atom stereocenters. The van der Waals surface area contributed by atoms with Crippen LogP contribution >= 0.6 is 0 Å². The van der Waals surface area contributed by atoms with Gasteiger partial charge < -0.3 is 9.88 Å². The summed E-state index contributed by atoms with van der Waals surface area (Å²) in [6.45, 7) is 0.808. The third-order valence-electron chi connectivity index (χ3n) is 5.95. The smallest absolute Gasteiger partial charge is 0.328 e. The van der Waals surface area contributed by atoms with Crippen LogP contribution in [0.2, 0.25) is 0 Å². The van der Waals surface area contributed by atoms with Gasteiger partial charge in [0.1, 0.15) is 0 Å². The van der Waals surface area contributed by atoms with E-state index in [1.165, 1.54) is 28.1 Å². The Morgan fingerprint density at radius 2 is 2.08 bits per heavy atom. The molecule has 6 heteroatoms. The lowest BCUT2D eigenvalue weighted by atomic mass is 9.74. The van der Waals surface area contributed by atoms with Crippen LogP contribution < -0.4 is 11.2 Å². The van der Waals surface area contributed by atoms with E-state index in [1.54, 1.807) is 10.8 Å². The molecule has 0 bridgehead atoms. The fraction of sp³-hybridized carbons (Fsp3) is 0.368. The van der Waals surface area contributed by atoms with E-state index in [0.717, 1.165) is 19.4 Å². The van der Waals surface area contributed by atoms with Gasteiger partial charge in [0.05, 0.1) is 6.04 Å². The lowest BCUT2D eigenvalue weighted by molar-refractivity contribution is 0.113. The maximum Gasteiger partial charge on any atom is 0.328 e. The second kappa shape index (κ2) is 5.20. The van der Waals surface area contributed by atoms with Crippen LogP contribution in [0.25, 0.3) is 10.9 Å². The van der Waals surface area contributed by atoms with Crippen LogP contribution in [0, 0.1) is 0 Å². The summed E-state index contributed by atoms with van der Waals surface area (Å²) in [6.07, 6.45) is 5.71. The number of rotatable bonds is 1. The average Bonchev–Trinajstić information content (AvgIpc) is 3.00. The fourth-order valence-electron chi connectivity index (χ4n) is 4.83. The Morgan fingerprint density at radius 1 is 1.20 bits per heavy atom. The van der Waals surface area contributed by atoms with Crippen LogP contribution in [0.1, 0.15) is 29.5 Å². The molecule has 2 N–H and O–H groups in total. The van der Waals surface area contributed by atoms with E-state index in [0.29, 0.717) is 12.0 Å². The highest BCUT2D eigenvalue weighted by molar-refractivity contribution is 5.88. The summed E-state index contributed by atoms with van der Waals surface area (Å²) in [5, 5.41) is 1.35. The maximum atomic E-state index is 12.2. The number of benzene rings is 1. The molecule has 6 nitrogen and oxygen atoms in total. The summed E-state index contributed by atoms with van der Waals surface area (Å²) in [6, 6.07) is 8.40. The van der Waals surface area contributed by atoms with Gasteiger partial charge >= 0.3 is 5.69 Å². The molecule has 3 heterocycles. The summed E-state index contributed by atoms with van der Waals surface area (Å²) < 4.78 is 1.68. The van der Waals surface area contributed by atoms with Crippen LogP contribution in [0.15, 0.2) is 46.2 Å². The molecule has 1 fully saturated rings. The summed E-state index contributed by atoms with van der Waals surface area (Å²) in [5.41, 5.74) is 3.29. The summed E-state index contributed by atoms with van der Waals surface area (Å²) in [5.74, 6) is 0.384. The lowest BCUT2D eigenvalue weighted by Gasteiger charge is -2.45. The molecule has 2 aliphatic rings. The predicted molar refractivity (Wildman–Crippen MR) is 96.1 cm³/mol. The first-order chi connectivity index (χ1) is 12.1. The minimum absolute atomic E-state index is 0.0614. The minimum Gasteiger partial charge on any atom is -0.361 e. The molecule has 0 saturated carbocycles. The van der Waals surface area contributed by atoms with Gasteiger partial charge in [-0.2, -0.15) is 0 Å². The molecule has 5 rings (SSSR count). The van der Waals surface area contributed by atoms with Gasteiger partial charge in [-0.1, -0.05) is 12.1 Å². The largest absolute Gasteiger partial charge is 0.361 e. The van der Waals surface area contributed by atoms with Crippen molar-refractivity contribution < 1.29 is 0 Å². The van der Waals surface area contributed by atoms with Crippen molar-refractivity contribution in [3.63, 3.8) is 0 Å². The maximum absolute atomic E-state index is 12.2. The molecule has 0 spiro atoms. The van der Waals surface area contributed by atoms with Gasteiger partial charge in [0, 0.05) is 47.9 Å². The molecule has 1 aliphatic carbocycles. The van der Waals surface area contributed by atoms with E-state index in [9.17, 15) is 9.59 Å². The number of aromatic nitrogens is 3. The highest BCUT2D eigenvalue weighted by Gasteiger charge is 2.40. The number of piperidine rings is 1. The molecule has 1 saturated heterocycles. The molecule has 0 radical (unpaired) electrons. The Bertz CT molecular complexity index is 1080. The van der Waals surface area contributed by atoms with Gasteiger partial charge in [0.2, 0.25) is 0 Å². The number of nitrogens with zero attached hydrogens (tertiary/aromatic N) is 2. The number of likely N-dealkylation sites (tertiary alicyclic amines) is 1. The van der Waals surface area contributed by atoms with Crippen LogP contribution in [-0.2, 0) is 6.42 Å². The van der Waals surface area contributed by atoms with Crippen molar-refractivity contribution in [3.8, 4) is 0 Å². The predicted octanol–water partition coefficient (Wildman–Crippen LogP) is 1.60. The summed E-state index contributed by atoms with van der Waals surface area (Å²) >= 11 is 0. The van der Waals surface area contributed by atoms with Gasteiger partial charge in [0.25, 0.3) is 5.56 Å². The lowest BCUT2D eigenvalue weighted by Crippen LogP contribution is -2.50. The molecule has 0 unspecified atom stereocenters. The summed E-state index contributed by atoms with van der Waals surface area (Å²) in [7, 11) is 2.14. The minimum atomic E-state index is -0.345. The normalized spacial score (nSPS) is 25.9. The van der Waals surface area contributed by atoms with Crippen molar-refractivity contribution >= 4 is 10.9 Å². The SMILES string of the molecule is CN1C[C@H](n2ccc(=O)[nH]c2=O)C[C@@H]2c3cccc4[nH]cc(c34)C[C@H]21. The molecule has 128 valence electrons. The topological polar surface area (TPSA) is 73.9 Å². The quantitative estimate of drug-likeness (QED) is 0.709. The van der Waals surface area contributed by atoms with Gasteiger partial charge in [0.15, 0.2) is 0 Å². The number of likely N-dealkylation sites (N-methyl/N-ethyl adjacent to an activating group) is 1. The fourth-order valence-corrected chi connectivity index (χ4v) is 4.83. The van der Waals surface area contributed by atoms with Crippen molar-refractivity contribution in [2.45, 2.75) is 30.8 Å². The highest BCUT2D eigenvalue weighted by atomic mass is 16.2. The number of aromatic amines is 2. The molecular weight excluding hydrogens is 316 g/mol. The van der Waals surface area contributed by atoms with Crippen molar-refractivity contribution in [2.75, 3.05) is 13.6 Å². The third kappa shape index (κ3) is 2.14.